The van der Waals surface area contributed by atoms with Crippen molar-refractivity contribution in [2.24, 2.45) is 7.05 Å². The van der Waals surface area contributed by atoms with Gasteiger partial charge < -0.3 is 19.5 Å². The molecule has 1 aliphatic heterocycles. The van der Waals surface area contributed by atoms with Crippen LogP contribution in [0.3, 0.4) is 0 Å². The number of nitrogens with one attached hydrogen (secondary N) is 1. The van der Waals surface area contributed by atoms with Gasteiger partial charge in [-0.05, 0) is 86.2 Å². The largest absolute Gasteiger partial charge is 0.457 e. The monoisotopic (exact) mass is 454 g/mol. The Morgan fingerprint density at radius 1 is 0.909 bits per heavy atom. The summed E-state index contributed by atoms with van der Waals surface area (Å²) in [6.07, 6.45) is 1.83. The molecule has 2 atom stereocenters. The lowest BCUT2D eigenvalue weighted by atomic mass is 9.96. The molecule has 0 radical (unpaired) electrons. The Hall–Kier alpha value is -3.64. The SMILES string of the molecule is Cc1cc([C@@H]2[C@H](c3ccccn3)NC(=S)N2c2ccc(Oc3ccccc3)cc2)c(C)n1C. The van der Waals surface area contributed by atoms with Crippen LogP contribution in [-0.2, 0) is 7.05 Å². The van der Waals surface area contributed by atoms with Crippen molar-refractivity contribution >= 4 is 23.0 Å². The molecule has 2 aromatic carbocycles. The number of anilines is 1. The first-order valence-electron chi connectivity index (χ1n) is 11.0. The van der Waals surface area contributed by atoms with Crippen LogP contribution in [0.1, 0.15) is 34.7 Å². The number of hydrogen-bond acceptors (Lipinski definition) is 3. The van der Waals surface area contributed by atoms with Gasteiger partial charge in [-0.3, -0.25) is 4.98 Å². The van der Waals surface area contributed by atoms with Crippen LogP contribution in [-0.4, -0.2) is 14.7 Å². The summed E-state index contributed by atoms with van der Waals surface area (Å²) < 4.78 is 8.21. The smallest absolute Gasteiger partial charge is 0.174 e. The molecule has 0 bridgehead atoms. The number of thiocarbonyl (C=S) groups is 1. The molecule has 1 aliphatic rings. The molecule has 6 heteroatoms. The Labute approximate surface area is 199 Å². The van der Waals surface area contributed by atoms with Crippen LogP contribution in [0, 0.1) is 13.8 Å². The van der Waals surface area contributed by atoms with Crippen molar-refractivity contribution in [3.8, 4) is 11.5 Å². The molecule has 0 amide bonds. The third-order valence-electron chi connectivity index (χ3n) is 6.32. The van der Waals surface area contributed by atoms with Crippen molar-refractivity contribution in [3.05, 3.63) is 108 Å². The van der Waals surface area contributed by atoms with E-state index in [4.69, 9.17) is 17.0 Å². The summed E-state index contributed by atoms with van der Waals surface area (Å²) in [7, 11) is 2.10. The Morgan fingerprint density at radius 2 is 1.61 bits per heavy atom. The maximum Gasteiger partial charge on any atom is 0.174 e. The standard InChI is InChI=1S/C27H26N4OS/c1-18-17-23(19(2)30(18)3)26-25(24-11-7-8-16-28-24)29-27(33)31(26)20-12-14-22(15-13-20)32-21-9-5-4-6-10-21/h4-17,25-26H,1-3H3,(H,29,33)/t25-,26+/m0/s1. The van der Waals surface area contributed by atoms with Gasteiger partial charge in [-0.15, -0.1) is 0 Å². The van der Waals surface area contributed by atoms with E-state index in [0.717, 1.165) is 22.9 Å². The minimum absolute atomic E-state index is 0.0202. The first-order valence-corrected chi connectivity index (χ1v) is 11.4. The van der Waals surface area contributed by atoms with Gasteiger partial charge in [0.1, 0.15) is 11.5 Å². The second kappa shape index (κ2) is 8.71. The zero-order chi connectivity index (χ0) is 22.9. The van der Waals surface area contributed by atoms with Crippen LogP contribution in [0.2, 0.25) is 0 Å². The van der Waals surface area contributed by atoms with Crippen molar-refractivity contribution in [2.45, 2.75) is 25.9 Å². The van der Waals surface area contributed by atoms with E-state index in [1.54, 1.807) is 0 Å². The van der Waals surface area contributed by atoms with E-state index in [2.05, 4.69) is 64.9 Å². The average molecular weight is 455 g/mol. The van der Waals surface area contributed by atoms with Gasteiger partial charge in [0.05, 0.1) is 17.8 Å². The van der Waals surface area contributed by atoms with Gasteiger partial charge in [0.2, 0.25) is 0 Å². The van der Waals surface area contributed by atoms with Crippen molar-refractivity contribution in [1.82, 2.24) is 14.9 Å². The fourth-order valence-corrected chi connectivity index (χ4v) is 4.78. The number of rotatable bonds is 5. The van der Waals surface area contributed by atoms with E-state index in [0.29, 0.717) is 5.11 Å². The van der Waals surface area contributed by atoms with E-state index < -0.39 is 0 Å². The van der Waals surface area contributed by atoms with Crippen molar-refractivity contribution in [3.63, 3.8) is 0 Å². The fourth-order valence-electron chi connectivity index (χ4n) is 4.43. The van der Waals surface area contributed by atoms with E-state index in [1.165, 1.54) is 17.0 Å². The number of aromatic nitrogens is 2. The lowest BCUT2D eigenvalue weighted by molar-refractivity contribution is 0.482. The number of nitrogens with zero attached hydrogens (tertiary/aromatic N) is 3. The van der Waals surface area contributed by atoms with Gasteiger partial charge in [0.15, 0.2) is 5.11 Å². The average Bonchev–Trinajstić information content (AvgIpc) is 3.31. The molecule has 5 nitrogen and oxygen atoms in total. The molecule has 33 heavy (non-hydrogen) atoms. The highest BCUT2D eigenvalue weighted by atomic mass is 32.1. The molecule has 0 saturated carbocycles. The topological polar surface area (TPSA) is 42.3 Å². The van der Waals surface area contributed by atoms with Crippen molar-refractivity contribution < 1.29 is 4.74 Å². The second-order valence-corrected chi connectivity index (χ2v) is 8.68. The molecule has 5 rings (SSSR count). The summed E-state index contributed by atoms with van der Waals surface area (Å²) in [5, 5.41) is 4.22. The highest BCUT2D eigenvalue weighted by molar-refractivity contribution is 7.80. The number of pyridine rings is 1. The van der Waals surface area contributed by atoms with Gasteiger partial charge in [-0.2, -0.15) is 0 Å². The van der Waals surface area contributed by atoms with Crippen LogP contribution in [0.15, 0.2) is 85.1 Å². The van der Waals surface area contributed by atoms with E-state index in [9.17, 15) is 0 Å². The van der Waals surface area contributed by atoms with Gasteiger partial charge in [-0.25, -0.2) is 0 Å². The molecule has 0 aliphatic carbocycles. The van der Waals surface area contributed by atoms with Gasteiger partial charge >= 0.3 is 0 Å². The molecule has 3 heterocycles. The Bertz CT molecular complexity index is 1270. The van der Waals surface area contributed by atoms with Gasteiger partial charge in [0, 0.05) is 30.3 Å². The van der Waals surface area contributed by atoms with Crippen LogP contribution < -0.4 is 15.0 Å². The maximum atomic E-state index is 5.98. The molecule has 166 valence electrons. The molecule has 1 saturated heterocycles. The molecule has 0 unspecified atom stereocenters. The van der Waals surface area contributed by atoms with E-state index in [1.807, 2.05) is 60.8 Å². The van der Waals surface area contributed by atoms with E-state index >= 15 is 0 Å². The quantitative estimate of drug-likeness (QED) is 0.374. The van der Waals surface area contributed by atoms with Crippen LogP contribution in [0.5, 0.6) is 11.5 Å². The van der Waals surface area contributed by atoms with Crippen LogP contribution in [0.25, 0.3) is 0 Å². The third kappa shape index (κ3) is 3.98. The lowest BCUT2D eigenvalue weighted by Crippen LogP contribution is -2.29. The molecular weight excluding hydrogens is 428 g/mol. The first kappa shape index (κ1) is 21.2. The number of ether oxygens (including phenoxy) is 1. The Balaban J connectivity index is 1.53. The Morgan fingerprint density at radius 3 is 2.24 bits per heavy atom. The first-order chi connectivity index (χ1) is 16.0. The zero-order valence-corrected chi connectivity index (χ0v) is 19.7. The van der Waals surface area contributed by atoms with Crippen LogP contribution >= 0.6 is 12.2 Å². The minimum atomic E-state index is -0.0561. The predicted octanol–water partition coefficient (Wildman–Crippen LogP) is 6.01. The summed E-state index contributed by atoms with van der Waals surface area (Å²) in [6, 6.07) is 26.1. The third-order valence-corrected chi connectivity index (χ3v) is 6.64. The van der Waals surface area contributed by atoms with Crippen molar-refractivity contribution in [2.75, 3.05) is 4.90 Å². The lowest BCUT2D eigenvalue weighted by Gasteiger charge is -2.28. The highest BCUT2D eigenvalue weighted by Crippen LogP contribution is 2.43. The maximum absolute atomic E-state index is 5.98. The molecule has 1 N–H and O–H groups in total. The number of aryl methyl sites for hydroxylation is 1. The Kier molecular flexibility index (Phi) is 5.60. The number of hydrogen-bond donors (Lipinski definition) is 1. The van der Waals surface area contributed by atoms with Gasteiger partial charge in [-0.1, -0.05) is 24.3 Å². The molecular formula is C27H26N4OS. The summed E-state index contributed by atoms with van der Waals surface area (Å²) in [6.45, 7) is 4.29. The molecule has 1 fully saturated rings. The zero-order valence-electron chi connectivity index (χ0n) is 18.9. The molecule has 4 aromatic rings. The fraction of sp³-hybridized carbons (Fsp3) is 0.185. The van der Waals surface area contributed by atoms with Crippen LogP contribution in [0.4, 0.5) is 5.69 Å². The summed E-state index contributed by atoms with van der Waals surface area (Å²) in [5.41, 5.74) is 5.66. The second-order valence-electron chi connectivity index (χ2n) is 8.29. The minimum Gasteiger partial charge on any atom is -0.457 e. The highest BCUT2D eigenvalue weighted by Gasteiger charge is 2.42. The summed E-state index contributed by atoms with van der Waals surface area (Å²) in [5.74, 6) is 1.60. The van der Waals surface area contributed by atoms with E-state index in [-0.39, 0.29) is 12.1 Å². The number of para-hydroxylation sites is 1. The van der Waals surface area contributed by atoms with Gasteiger partial charge in [0.25, 0.3) is 0 Å². The molecule has 0 spiro atoms. The normalized spacial score (nSPS) is 17.8. The molecule has 2 aromatic heterocycles. The summed E-state index contributed by atoms with van der Waals surface area (Å²) >= 11 is 5.85. The number of benzene rings is 2. The van der Waals surface area contributed by atoms with Crippen molar-refractivity contribution in [1.29, 1.82) is 0 Å². The summed E-state index contributed by atoms with van der Waals surface area (Å²) in [4.78, 5) is 6.84. The predicted molar refractivity (Wildman–Crippen MR) is 136 cm³/mol.